The van der Waals surface area contributed by atoms with Crippen LogP contribution in [0.3, 0.4) is 0 Å². The molecule has 4 rings (SSSR count). The van der Waals surface area contributed by atoms with Gasteiger partial charge in [0.1, 0.15) is 11.7 Å². The van der Waals surface area contributed by atoms with Crippen LogP contribution in [0, 0.1) is 56.7 Å². The van der Waals surface area contributed by atoms with Crippen LogP contribution in [0.15, 0.2) is 64.8 Å². The van der Waals surface area contributed by atoms with Crippen molar-refractivity contribution in [1.29, 1.82) is 21.2 Å². The van der Waals surface area contributed by atoms with E-state index in [-0.39, 0.29) is 11.6 Å². The molecule has 3 atom stereocenters. The molecule has 0 bridgehead atoms. The van der Waals surface area contributed by atoms with E-state index in [4.69, 9.17) is 9.83 Å². The third-order valence-electron chi connectivity index (χ3n) is 5.96. The predicted molar refractivity (Wildman–Crippen MR) is 105 cm³/mol. The van der Waals surface area contributed by atoms with Crippen LogP contribution in [0.5, 0.6) is 0 Å². The Morgan fingerprint density at radius 2 is 1.86 bits per heavy atom. The van der Waals surface area contributed by atoms with E-state index < -0.39 is 17.3 Å². The van der Waals surface area contributed by atoms with Crippen molar-refractivity contribution in [2.75, 3.05) is 13.1 Å². The van der Waals surface area contributed by atoms with Gasteiger partial charge in [-0.2, -0.15) is 15.8 Å². The van der Waals surface area contributed by atoms with Gasteiger partial charge in [0.05, 0.1) is 36.1 Å². The van der Waals surface area contributed by atoms with E-state index in [9.17, 15) is 15.8 Å². The molecular formula is C23H19N5O. The lowest BCUT2D eigenvalue weighted by molar-refractivity contribution is 0.186. The second-order valence-corrected chi connectivity index (χ2v) is 7.49. The topological polar surface area (TPSA) is 112 Å². The van der Waals surface area contributed by atoms with Crippen molar-refractivity contribution in [3.05, 3.63) is 71.7 Å². The first-order chi connectivity index (χ1) is 14.1. The molecule has 0 radical (unpaired) electrons. The van der Waals surface area contributed by atoms with Gasteiger partial charge in [-0.05, 0) is 23.3 Å². The molecule has 29 heavy (non-hydrogen) atoms. The molecule has 6 nitrogen and oxygen atoms in total. The second kappa shape index (κ2) is 7.40. The van der Waals surface area contributed by atoms with Gasteiger partial charge in [-0.1, -0.05) is 36.4 Å². The highest BCUT2D eigenvalue weighted by molar-refractivity contribution is 6.00. The molecular weight excluding hydrogens is 362 g/mol. The van der Waals surface area contributed by atoms with E-state index in [0.29, 0.717) is 18.8 Å². The Balaban J connectivity index is 1.78. The molecule has 0 spiro atoms. The minimum Gasteiger partial charge on any atom is -0.469 e. The lowest BCUT2D eigenvalue weighted by Crippen LogP contribution is -2.52. The average Bonchev–Trinajstić information content (AvgIpc) is 3.28. The summed E-state index contributed by atoms with van der Waals surface area (Å²) in [7, 11) is 0. The molecule has 1 aliphatic carbocycles. The first-order valence-corrected chi connectivity index (χ1v) is 9.45. The Morgan fingerprint density at radius 3 is 2.48 bits per heavy atom. The lowest BCUT2D eigenvalue weighted by Gasteiger charge is -2.46. The number of hydrogen-bond acceptors (Lipinski definition) is 6. The van der Waals surface area contributed by atoms with Crippen LogP contribution in [-0.4, -0.2) is 23.7 Å². The monoisotopic (exact) mass is 381 g/mol. The standard InChI is InChI=1S/C23H19N5O/c24-11-18-17-8-9-28(12-16-5-2-1-3-6-16)13-19(17)21(20-7-4-10-29-20)23(14-25,15-26)22(18)27/h1-8,10,18-19,21,27H,9,12-13H2. The number of rotatable bonds is 3. The van der Waals surface area contributed by atoms with Gasteiger partial charge >= 0.3 is 0 Å². The van der Waals surface area contributed by atoms with Crippen LogP contribution in [0.2, 0.25) is 0 Å². The van der Waals surface area contributed by atoms with Crippen molar-refractivity contribution < 1.29 is 4.42 Å². The minimum absolute atomic E-state index is 0.148. The van der Waals surface area contributed by atoms with Crippen LogP contribution >= 0.6 is 0 Å². The summed E-state index contributed by atoms with van der Waals surface area (Å²) < 4.78 is 5.62. The van der Waals surface area contributed by atoms with Crippen molar-refractivity contribution in [3.8, 4) is 18.2 Å². The molecule has 2 aromatic rings. The van der Waals surface area contributed by atoms with E-state index in [2.05, 4.69) is 35.2 Å². The van der Waals surface area contributed by atoms with E-state index in [1.165, 1.54) is 11.8 Å². The molecule has 1 aromatic heterocycles. The van der Waals surface area contributed by atoms with Gasteiger partial charge < -0.3 is 9.83 Å². The molecule has 1 fully saturated rings. The first-order valence-electron chi connectivity index (χ1n) is 9.45. The Labute approximate surface area is 169 Å². The fraction of sp³-hybridized carbons (Fsp3) is 0.304. The van der Waals surface area contributed by atoms with Gasteiger partial charge in [-0.25, -0.2) is 0 Å². The highest BCUT2D eigenvalue weighted by Gasteiger charge is 2.58. The fourth-order valence-electron chi connectivity index (χ4n) is 4.61. The summed E-state index contributed by atoms with van der Waals surface area (Å²) in [5.41, 5.74) is 0.122. The maximum absolute atomic E-state index is 9.99. The molecule has 2 aliphatic rings. The Morgan fingerprint density at radius 1 is 1.10 bits per heavy atom. The minimum atomic E-state index is -1.73. The average molecular weight is 381 g/mol. The maximum atomic E-state index is 9.99. The number of nitrogens with one attached hydrogen (secondary N) is 1. The molecule has 0 saturated heterocycles. The molecule has 1 aromatic carbocycles. The third-order valence-corrected chi connectivity index (χ3v) is 5.96. The van der Waals surface area contributed by atoms with Gasteiger partial charge in [-0.15, -0.1) is 0 Å². The largest absolute Gasteiger partial charge is 0.469 e. The summed E-state index contributed by atoms with van der Waals surface area (Å²) >= 11 is 0. The summed E-state index contributed by atoms with van der Waals surface area (Å²) in [5, 5.41) is 38.3. The van der Waals surface area contributed by atoms with E-state index in [1.54, 1.807) is 12.1 Å². The van der Waals surface area contributed by atoms with E-state index in [1.807, 2.05) is 24.3 Å². The van der Waals surface area contributed by atoms with Gasteiger partial charge in [0.25, 0.3) is 0 Å². The zero-order valence-electron chi connectivity index (χ0n) is 15.7. The Bertz CT molecular complexity index is 1050. The number of furan rings is 1. The van der Waals surface area contributed by atoms with Crippen LogP contribution in [0.25, 0.3) is 0 Å². The first kappa shape index (κ1) is 18.7. The maximum Gasteiger partial charge on any atom is 0.192 e. The number of nitrogens with zero attached hydrogens (tertiary/aromatic N) is 4. The Hall–Kier alpha value is -3.66. The summed E-state index contributed by atoms with van der Waals surface area (Å²) in [5.74, 6) is -1.23. The molecule has 0 amide bonds. The molecule has 1 aliphatic heterocycles. The van der Waals surface area contributed by atoms with E-state index in [0.717, 1.165) is 12.1 Å². The molecule has 142 valence electrons. The molecule has 6 heteroatoms. The van der Waals surface area contributed by atoms with Crippen LogP contribution in [0.1, 0.15) is 17.2 Å². The quantitative estimate of drug-likeness (QED) is 0.816. The number of benzene rings is 1. The van der Waals surface area contributed by atoms with Crippen molar-refractivity contribution >= 4 is 5.71 Å². The van der Waals surface area contributed by atoms with Gasteiger partial charge in [-0.3, -0.25) is 4.90 Å². The highest BCUT2D eigenvalue weighted by atomic mass is 16.3. The van der Waals surface area contributed by atoms with E-state index >= 15 is 0 Å². The van der Waals surface area contributed by atoms with Crippen LogP contribution in [-0.2, 0) is 6.54 Å². The zero-order chi connectivity index (χ0) is 20.4. The van der Waals surface area contributed by atoms with Crippen LogP contribution in [0.4, 0.5) is 0 Å². The fourth-order valence-corrected chi connectivity index (χ4v) is 4.61. The summed E-state index contributed by atoms with van der Waals surface area (Å²) in [6.07, 6.45) is 3.51. The summed E-state index contributed by atoms with van der Waals surface area (Å²) in [6.45, 7) is 1.97. The number of hydrogen-bond donors (Lipinski definition) is 1. The van der Waals surface area contributed by atoms with Gasteiger partial charge in [0.2, 0.25) is 0 Å². The van der Waals surface area contributed by atoms with Gasteiger partial charge in [0, 0.05) is 25.6 Å². The number of nitriles is 3. The summed E-state index contributed by atoms with van der Waals surface area (Å²) in [6, 6.07) is 19.9. The highest BCUT2D eigenvalue weighted by Crippen LogP contribution is 2.53. The molecule has 2 heterocycles. The Kier molecular flexibility index (Phi) is 4.77. The lowest BCUT2D eigenvalue weighted by atomic mass is 9.55. The van der Waals surface area contributed by atoms with Crippen molar-refractivity contribution in [2.24, 2.45) is 17.3 Å². The van der Waals surface area contributed by atoms with Crippen molar-refractivity contribution in [1.82, 2.24) is 4.90 Å². The molecule has 1 saturated carbocycles. The van der Waals surface area contributed by atoms with Crippen LogP contribution < -0.4 is 0 Å². The normalized spacial score (nSPS) is 25.8. The zero-order valence-corrected chi connectivity index (χ0v) is 15.7. The SMILES string of the molecule is N#CC1C(=N)C(C#N)(C#N)C(c2ccco2)C2CN(Cc3ccccc3)CC=C12. The summed E-state index contributed by atoms with van der Waals surface area (Å²) in [4.78, 5) is 2.24. The molecule has 3 unspecified atom stereocenters. The smallest absolute Gasteiger partial charge is 0.192 e. The number of fused-ring (bicyclic) bond motifs is 1. The van der Waals surface area contributed by atoms with Crippen molar-refractivity contribution in [3.63, 3.8) is 0 Å². The van der Waals surface area contributed by atoms with Crippen molar-refractivity contribution in [2.45, 2.75) is 12.5 Å². The van der Waals surface area contributed by atoms with Gasteiger partial charge in [0.15, 0.2) is 5.41 Å². The second-order valence-electron chi connectivity index (χ2n) is 7.49. The third kappa shape index (κ3) is 2.93. The predicted octanol–water partition coefficient (Wildman–Crippen LogP) is 3.63. The molecule has 1 N–H and O–H groups in total.